The van der Waals surface area contributed by atoms with Gasteiger partial charge in [-0.1, -0.05) is 41.6 Å². The van der Waals surface area contributed by atoms with E-state index in [2.05, 4.69) is 53.4 Å². The third kappa shape index (κ3) is 5.84. The molecule has 0 bridgehead atoms. The SMILES string of the molecule is Cc1cc(C)c(-c2csc(NC(=O)CSc3nnc(COc4cc(C)ccc4C)o3)n2)c(C)c1. The molecule has 2 heterocycles. The molecule has 7 nitrogen and oxygen atoms in total. The monoisotopic (exact) mass is 494 g/mol. The van der Waals surface area contributed by atoms with Crippen molar-refractivity contribution in [2.45, 2.75) is 46.4 Å². The molecule has 0 spiro atoms. The van der Waals surface area contributed by atoms with Crippen LogP contribution in [-0.4, -0.2) is 26.8 Å². The van der Waals surface area contributed by atoms with Crippen molar-refractivity contribution in [3.8, 4) is 17.0 Å². The first-order chi connectivity index (χ1) is 16.3. The molecular formula is C25H26N4O3S2. The van der Waals surface area contributed by atoms with Crippen molar-refractivity contribution in [1.82, 2.24) is 15.2 Å². The zero-order chi connectivity index (χ0) is 24.2. The molecule has 0 aliphatic heterocycles. The summed E-state index contributed by atoms with van der Waals surface area (Å²) in [5, 5.41) is 13.7. The van der Waals surface area contributed by atoms with Gasteiger partial charge in [0.1, 0.15) is 5.75 Å². The normalized spacial score (nSPS) is 11.0. The van der Waals surface area contributed by atoms with Crippen molar-refractivity contribution in [2.24, 2.45) is 0 Å². The van der Waals surface area contributed by atoms with Gasteiger partial charge >= 0.3 is 0 Å². The van der Waals surface area contributed by atoms with Gasteiger partial charge in [0.15, 0.2) is 11.7 Å². The topological polar surface area (TPSA) is 90.1 Å². The summed E-state index contributed by atoms with van der Waals surface area (Å²) in [5.41, 5.74) is 7.70. The van der Waals surface area contributed by atoms with E-state index >= 15 is 0 Å². The summed E-state index contributed by atoms with van der Waals surface area (Å²) < 4.78 is 11.4. The molecule has 176 valence electrons. The van der Waals surface area contributed by atoms with E-state index in [1.165, 1.54) is 39.8 Å². The highest BCUT2D eigenvalue weighted by Gasteiger charge is 2.14. The van der Waals surface area contributed by atoms with Gasteiger partial charge in [-0.05, 0) is 62.9 Å². The maximum atomic E-state index is 12.4. The van der Waals surface area contributed by atoms with Crippen LogP contribution in [0.4, 0.5) is 5.13 Å². The van der Waals surface area contributed by atoms with Crippen LogP contribution < -0.4 is 10.1 Å². The Balaban J connectivity index is 1.30. The Hall–Kier alpha value is -3.17. The molecule has 0 unspecified atom stereocenters. The van der Waals surface area contributed by atoms with Crippen molar-refractivity contribution in [2.75, 3.05) is 11.1 Å². The lowest BCUT2D eigenvalue weighted by molar-refractivity contribution is -0.113. The molecule has 0 saturated carbocycles. The highest BCUT2D eigenvalue weighted by Crippen LogP contribution is 2.31. The van der Waals surface area contributed by atoms with Gasteiger partial charge < -0.3 is 14.5 Å². The van der Waals surface area contributed by atoms with Gasteiger partial charge in [0.25, 0.3) is 11.1 Å². The largest absolute Gasteiger partial charge is 0.484 e. The van der Waals surface area contributed by atoms with Crippen molar-refractivity contribution in [3.05, 3.63) is 69.4 Å². The zero-order valence-electron chi connectivity index (χ0n) is 19.8. The molecule has 0 atom stereocenters. The average Bonchev–Trinajstić information content (AvgIpc) is 3.42. The Morgan fingerprint density at radius 3 is 2.56 bits per heavy atom. The number of ether oxygens (including phenoxy) is 1. The van der Waals surface area contributed by atoms with E-state index in [1.807, 2.05) is 37.4 Å². The second-order valence-electron chi connectivity index (χ2n) is 8.17. The van der Waals surface area contributed by atoms with E-state index in [4.69, 9.17) is 9.15 Å². The van der Waals surface area contributed by atoms with E-state index in [9.17, 15) is 4.79 Å². The number of hydrogen-bond donors (Lipinski definition) is 1. The number of nitrogens with zero attached hydrogens (tertiary/aromatic N) is 3. The summed E-state index contributed by atoms with van der Waals surface area (Å²) in [6.45, 7) is 10.4. The smallest absolute Gasteiger partial charge is 0.277 e. The Morgan fingerprint density at radius 2 is 1.79 bits per heavy atom. The number of carbonyl (C=O) groups excluding carboxylic acids is 1. The number of thiazole rings is 1. The van der Waals surface area contributed by atoms with E-state index < -0.39 is 0 Å². The number of benzene rings is 2. The fourth-order valence-corrected chi connectivity index (χ4v) is 4.97. The number of hydrogen-bond acceptors (Lipinski definition) is 8. The lowest BCUT2D eigenvalue weighted by atomic mass is 9.98. The van der Waals surface area contributed by atoms with Crippen LogP contribution in [-0.2, 0) is 11.4 Å². The fraction of sp³-hybridized carbons (Fsp3) is 0.280. The second kappa shape index (κ2) is 10.4. The van der Waals surface area contributed by atoms with Gasteiger partial charge in [-0.25, -0.2) is 4.98 Å². The lowest BCUT2D eigenvalue weighted by Gasteiger charge is -2.08. The first-order valence-corrected chi connectivity index (χ1v) is 12.6. The summed E-state index contributed by atoms with van der Waals surface area (Å²) in [5.74, 6) is 1.09. The van der Waals surface area contributed by atoms with Gasteiger partial charge in [0.05, 0.1) is 11.4 Å². The van der Waals surface area contributed by atoms with E-state index in [-0.39, 0.29) is 18.3 Å². The number of aryl methyl sites for hydroxylation is 5. The van der Waals surface area contributed by atoms with Crippen molar-refractivity contribution >= 4 is 34.1 Å². The zero-order valence-corrected chi connectivity index (χ0v) is 21.4. The molecule has 0 saturated heterocycles. The minimum absolute atomic E-state index is 0.136. The van der Waals surface area contributed by atoms with Crippen LogP contribution >= 0.6 is 23.1 Å². The quantitative estimate of drug-likeness (QED) is 0.298. The average molecular weight is 495 g/mol. The van der Waals surface area contributed by atoms with Crippen LogP contribution in [0.25, 0.3) is 11.3 Å². The van der Waals surface area contributed by atoms with Crippen LogP contribution in [0.3, 0.4) is 0 Å². The first kappa shape index (κ1) is 24.0. The molecule has 0 aliphatic carbocycles. The van der Waals surface area contributed by atoms with Crippen LogP contribution in [0, 0.1) is 34.6 Å². The number of aromatic nitrogens is 3. The van der Waals surface area contributed by atoms with Crippen LogP contribution in [0.2, 0.25) is 0 Å². The minimum Gasteiger partial charge on any atom is -0.484 e. The van der Waals surface area contributed by atoms with E-state index in [0.29, 0.717) is 16.2 Å². The Bertz CT molecular complexity index is 1310. The summed E-state index contributed by atoms with van der Waals surface area (Å²) >= 11 is 2.58. The maximum absolute atomic E-state index is 12.4. The molecular weight excluding hydrogens is 468 g/mol. The molecule has 0 fully saturated rings. The van der Waals surface area contributed by atoms with Crippen molar-refractivity contribution in [3.63, 3.8) is 0 Å². The van der Waals surface area contributed by atoms with Crippen LogP contribution in [0.5, 0.6) is 5.75 Å². The predicted molar refractivity (Wildman–Crippen MR) is 136 cm³/mol. The highest BCUT2D eigenvalue weighted by atomic mass is 32.2. The molecule has 9 heteroatoms. The van der Waals surface area contributed by atoms with Crippen molar-refractivity contribution in [1.29, 1.82) is 0 Å². The number of rotatable bonds is 8. The summed E-state index contributed by atoms with van der Waals surface area (Å²) in [6.07, 6.45) is 0. The Labute approximate surface area is 207 Å². The standard InChI is InChI=1S/C25H26N4O3S2/c1-14-6-7-16(3)20(10-14)31-11-22-28-29-25(32-22)34-13-21(30)27-24-26-19(12-33-24)23-17(4)8-15(2)9-18(23)5/h6-10,12H,11,13H2,1-5H3,(H,26,27,30). The summed E-state index contributed by atoms with van der Waals surface area (Å²) in [6, 6.07) is 10.3. The Morgan fingerprint density at radius 1 is 1.03 bits per heavy atom. The molecule has 0 aliphatic rings. The summed E-state index contributed by atoms with van der Waals surface area (Å²) in [7, 11) is 0. The number of carbonyl (C=O) groups is 1. The molecule has 2 aromatic heterocycles. The number of thioether (sulfide) groups is 1. The predicted octanol–water partition coefficient (Wildman–Crippen LogP) is 6.05. The molecule has 4 aromatic rings. The number of amides is 1. The van der Waals surface area contributed by atoms with Gasteiger partial charge in [-0.2, -0.15) is 0 Å². The van der Waals surface area contributed by atoms with Crippen LogP contribution in [0.1, 0.15) is 33.7 Å². The molecule has 34 heavy (non-hydrogen) atoms. The van der Waals surface area contributed by atoms with Gasteiger partial charge in [0, 0.05) is 10.9 Å². The minimum atomic E-state index is -0.186. The van der Waals surface area contributed by atoms with Gasteiger partial charge in [-0.15, -0.1) is 21.5 Å². The Kier molecular flexibility index (Phi) is 7.33. The number of nitrogens with one attached hydrogen (secondary N) is 1. The lowest BCUT2D eigenvalue weighted by Crippen LogP contribution is -2.13. The maximum Gasteiger partial charge on any atom is 0.277 e. The molecule has 1 amide bonds. The van der Waals surface area contributed by atoms with Gasteiger partial charge in [0.2, 0.25) is 5.91 Å². The molecule has 1 N–H and O–H groups in total. The van der Waals surface area contributed by atoms with E-state index in [0.717, 1.165) is 28.1 Å². The van der Waals surface area contributed by atoms with Gasteiger partial charge in [-0.3, -0.25) is 4.79 Å². The highest BCUT2D eigenvalue weighted by molar-refractivity contribution is 7.99. The number of anilines is 1. The molecule has 4 rings (SSSR count). The third-order valence-electron chi connectivity index (χ3n) is 5.15. The first-order valence-electron chi connectivity index (χ1n) is 10.8. The third-order valence-corrected chi connectivity index (χ3v) is 6.73. The van der Waals surface area contributed by atoms with Crippen molar-refractivity contribution < 1.29 is 13.9 Å². The summed E-state index contributed by atoms with van der Waals surface area (Å²) in [4.78, 5) is 17.0. The second-order valence-corrected chi connectivity index (χ2v) is 9.95. The molecule has 2 aromatic carbocycles. The molecule has 0 radical (unpaired) electrons. The fourth-order valence-electron chi connectivity index (χ4n) is 3.67. The van der Waals surface area contributed by atoms with E-state index in [1.54, 1.807) is 0 Å². The van der Waals surface area contributed by atoms with Crippen LogP contribution in [0.15, 0.2) is 45.4 Å².